The van der Waals surface area contributed by atoms with E-state index in [4.69, 9.17) is 14.6 Å². The van der Waals surface area contributed by atoms with E-state index in [1.165, 1.54) is 0 Å². The molecule has 0 bridgehead atoms. The smallest absolute Gasteiger partial charge is 0.162 e. The lowest BCUT2D eigenvalue weighted by atomic mass is 10.1. The third-order valence-corrected chi connectivity index (χ3v) is 2.98. The van der Waals surface area contributed by atoms with E-state index >= 15 is 0 Å². The Hall–Kier alpha value is -2.04. The summed E-state index contributed by atoms with van der Waals surface area (Å²) in [5, 5.41) is 18.6. The van der Waals surface area contributed by atoms with Crippen molar-refractivity contribution in [3.8, 4) is 11.5 Å². The van der Waals surface area contributed by atoms with Crippen LogP contribution in [0.1, 0.15) is 17.2 Å². The van der Waals surface area contributed by atoms with Crippen LogP contribution in [0.3, 0.4) is 0 Å². The maximum Gasteiger partial charge on any atom is 0.162 e. The number of ether oxygens (including phenoxy) is 2. The molecule has 4 heteroatoms. The van der Waals surface area contributed by atoms with Crippen molar-refractivity contribution >= 4 is 0 Å². The summed E-state index contributed by atoms with van der Waals surface area (Å²) in [6.45, 7) is 0.0837. The lowest BCUT2D eigenvalue weighted by molar-refractivity contribution is 0.0952. The molecule has 0 radical (unpaired) electrons. The quantitative estimate of drug-likeness (QED) is 0.848. The van der Waals surface area contributed by atoms with Gasteiger partial charge in [0.05, 0.1) is 13.7 Å². The van der Waals surface area contributed by atoms with Gasteiger partial charge >= 0.3 is 0 Å². The number of methoxy groups -OCH3 is 1. The molecule has 0 saturated carbocycles. The zero-order valence-electron chi connectivity index (χ0n) is 11.3. The van der Waals surface area contributed by atoms with Gasteiger partial charge in [-0.2, -0.15) is 0 Å². The van der Waals surface area contributed by atoms with Crippen LogP contribution in [0.2, 0.25) is 0 Å². The van der Waals surface area contributed by atoms with Gasteiger partial charge in [0.2, 0.25) is 0 Å². The molecule has 2 aromatic carbocycles. The van der Waals surface area contributed by atoms with Crippen LogP contribution in [0.15, 0.2) is 48.5 Å². The Kier molecular flexibility index (Phi) is 4.98. The van der Waals surface area contributed by atoms with Crippen molar-refractivity contribution in [2.75, 3.05) is 13.7 Å². The summed E-state index contributed by atoms with van der Waals surface area (Å²) in [5.41, 5.74) is 1.64. The number of hydrogen-bond acceptors (Lipinski definition) is 4. The third kappa shape index (κ3) is 3.50. The number of hydrogen-bond donors (Lipinski definition) is 2. The first-order valence-electron chi connectivity index (χ1n) is 6.38. The van der Waals surface area contributed by atoms with Crippen LogP contribution in [0.5, 0.6) is 11.5 Å². The number of aliphatic hydroxyl groups excluding tert-OH is 2. The predicted octanol–water partition coefficient (Wildman–Crippen LogP) is 2.30. The Labute approximate surface area is 118 Å². The Morgan fingerprint density at radius 1 is 1.05 bits per heavy atom. The van der Waals surface area contributed by atoms with E-state index in [1.807, 2.05) is 30.3 Å². The molecule has 0 amide bonds. The average molecular weight is 274 g/mol. The van der Waals surface area contributed by atoms with Crippen molar-refractivity contribution in [2.24, 2.45) is 0 Å². The number of rotatable bonds is 6. The molecule has 106 valence electrons. The van der Waals surface area contributed by atoms with Crippen molar-refractivity contribution in [3.63, 3.8) is 0 Å². The van der Waals surface area contributed by atoms with Crippen LogP contribution in [0.25, 0.3) is 0 Å². The highest BCUT2D eigenvalue weighted by atomic mass is 16.5. The van der Waals surface area contributed by atoms with Gasteiger partial charge in [-0.15, -0.1) is 0 Å². The Bertz CT molecular complexity index is 539. The van der Waals surface area contributed by atoms with E-state index < -0.39 is 6.10 Å². The maximum atomic E-state index is 9.66. The van der Waals surface area contributed by atoms with Gasteiger partial charge in [0, 0.05) is 0 Å². The highest BCUT2D eigenvalue weighted by Gasteiger charge is 2.11. The van der Waals surface area contributed by atoms with Crippen molar-refractivity contribution in [1.29, 1.82) is 0 Å². The molecule has 2 aromatic rings. The van der Waals surface area contributed by atoms with E-state index in [2.05, 4.69) is 0 Å². The van der Waals surface area contributed by atoms with Gasteiger partial charge in [0.15, 0.2) is 11.5 Å². The molecule has 0 heterocycles. The number of benzene rings is 2. The molecule has 0 spiro atoms. The fourth-order valence-corrected chi connectivity index (χ4v) is 1.85. The molecule has 2 N–H and O–H groups in total. The SMILES string of the molecule is COc1ccc(C(O)CO)cc1OCc1ccccc1. The van der Waals surface area contributed by atoms with E-state index in [0.29, 0.717) is 23.7 Å². The second-order valence-corrected chi connectivity index (χ2v) is 4.38. The monoisotopic (exact) mass is 274 g/mol. The van der Waals surface area contributed by atoms with Crippen LogP contribution in [-0.2, 0) is 6.61 Å². The van der Waals surface area contributed by atoms with Gasteiger partial charge in [-0.1, -0.05) is 36.4 Å². The topological polar surface area (TPSA) is 58.9 Å². The standard InChI is InChI=1S/C16H18O4/c1-19-15-8-7-13(14(18)10-17)9-16(15)20-11-12-5-3-2-4-6-12/h2-9,14,17-18H,10-11H2,1H3. The van der Waals surface area contributed by atoms with Crippen LogP contribution in [0, 0.1) is 0 Å². The molecule has 20 heavy (non-hydrogen) atoms. The molecule has 0 aliphatic heterocycles. The second-order valence-electron chi connectivity index (χ2n) is 4.38. The first-order chi connectivity index (χ1) is 9.74. The first-order valence-corrected chi connectivity index (χ1v) is 6.38. The Morgan fingerprint density at radius 2 is 1.80 bits per heavy atom. The predicted molar refractivity (Wildman–Crippen MR) is 75.8 cm³/mol. The molecule has 0 saturated heterocycles. The zero-order valence-corrected chi connectivity index (χ0v) is 11.3. The van der Waals surface area contributed by atoms with Crippen LogP contribution >= 0.6 is 0 Å². The fraction of sp³-hybridized carbons (Fsp3) is 0.250. The summed E-state index contributed by atoms with van der Waals surface area (Å²) in [4.78, 5) is 0. The van der Waals surface area contributed by atoms with Crippen molar-refractivity contribution < 1.29 is 19.7 Å². The molecule has 4 nitrogen and oxygen atoms in total. The molecule has 0 fully saturated rings. The molecule has 0 aliphatic rings. The molecule has 0 aromatic heterocycles. The van der Waals surface area contributed by atoms with E-state index in [9.17, 15) is 5.11 Å². The first kappa shape index (κ1) is 14.4. The van der Waals surface area contributed by atoms with E-state index in [1.54, 1.807) is 25.3 Å². The van der Waals surface area contributed by atoms with Gasteiger partial charge in [-0.25, -0.2) is 0 Å². The lowest BCUT2D eigenvalue weighted by Crippen LogP contribution is -2.04. The van der Waals surface area contributed by atoms with Gasteiger partial charge in [-0.3, -0.25) is 0 Å². The minimum atomic E-state index is -0.917. The van der Waals surface area contributed by atoms with Crippen LogP contribution < -0.4 is 9.47 Å². The molecular formula is C16H18O4. The molecule has 1 unspecified atom stereocenters. The third-order valence-electron chi connectivity index (χ3n) is 2.98. The van der Waals surface area contributed by atoms with E-state index in [-0.39, 0.29) is 6.61 Å². The maximum absolute atomic E-state index is 9.66. The molecular weight excluding hydrogens is 256 g/mol. The minimum Gasteiger partial charge on any atom is -0.493 e. The van der Waals surface area contributed by atoms with Crippen LogP contribution in [-0.4, -0.2) is 23.9 Å². The highest BCUT2D eigenvalue weighted by Crippen LogP contribution is 2.30. The van der Waals surface area contributed by atoms with Crippen molar-refractivity contribution in [1.82, 2.24) is 0 Å². The average Bonchev–Trinajstić information content (AvgIpc) is 2.52. The summed E-state index contributed by atoms with van der Waals surface area (Å²) < 4.78 is 11.0. The lowest BCUT2D eigenvalue weighted by Gasteiger charge is -2.14. The fourth-order valence-electron chi connectivity index (χ4n) is 1.85. The van der Waals surface area contributed by atoms with Crippen LogP contribution in [0.4, 0.5) is 0 Å². The van der Waals surface area contributed by atoms with E-state index in [0.717, 1.165) is 5.56 Å². The summed E-state index contributed by atoms with van der Waals surface area (Å²) >= 11 is 0. The number of aliphatic hydroxyl groups is 2. The highest BCUT2D eigenvalue weighted by molar-refractivity contribution is 5.43. The van der Waals surface area contributed by atoms with Gasteiger partial charge in [0.25, 0.3) is 0 Å². The summed E-state index contributed by atoms with van der Waals surface area (Å²) in [6, 6.07) is 14.9. The van der Waals surface area contributed by atoms with Gasteiger partial charge in [-0.05, 0) is 23.3 Å². The minimum absolute atomic E-state index is 0.329. The molecule has 0 aliphatic carbocycles. The zero-order chi connectivity index (χ0) is 14.4. The largest absolute Gasteiger partial charge is 0.493 e. The van der Waals surface area contributed by atoms with Crippen molar-refractivity contribution in [3.05, 3.63) is 59.7 Å². The summed E-state index contributed by atoms with van der Waals surface area (Å²) in [7, 11) is 1.56. The Balaban J connectivity index is 2.16. The second kappa shape index (κ2) is 6.93. The molecule has 1 atom stereocenters. The van der Waals surface area contributed by atoms with Crippen molar-refractivity contribution in [2.45, 2.75) is 12.7 Å². The van der Waals surface area contributed by atoms with Gasteiger partial charge in [0.1, 0.15) is 12.7 Å². The summed E-state index contributed by atoms with van der Waals surface area (Å²) in [5.74, 6) is 1.14. The Morgan fingerprint density at radius 3 is 2.45 bits per heavy atom. The summed E-state index contributed by atoms with van der Waals surface area (Å²) in [6.07, 6.45) is -0.917. The van der Waals surface area contributed by atoms with Gasteiger partial charge < -0.3 is 19.7 Å². The normalized spacial score (nSPS) is 11.9. The molecule has 2 rings (SSSR count).